The Bertz CT molecular complexity index is 254. The Hall–Kier alpha value is -1.31. The number of carbonyl (C=O) groups excluding carboxylic acids is 1. The zero-order valence-corrected chi connectivity index (χ0v) is 8.50. The minimum absolute atomic E-state index is 0.139. The normalized spacial score (nSPS) is 13.2. The lowest BCUT2D eigenvalue weighted by Gasteiger charge is -2.12. The molecule has 0 saturated carbocycles. The number of carboxylic acid groups (broad SMARTS) is 1. The van der Waals surface area contributed by atoms with Crippen molar-refractivity contribution in [3.05, 3.63) is 0 Å². The fourth-order valence-corrected chi connectivity index (χ4v) is 0.834. The first-order chi connectivity index (χ1) is 7.26. The predicted octanol–water partition coefficient (Wildman–Crippen LogP) is 0.545. The van der Waals surface area contributed by atoms with Crippen molar-refractivity contribution in [2.75, 3.05) is 13.2 Å². The van der Waals surface area contributed by atoms with Gasteiger partial charge in [-0.15, -0.1) is 0 Å². The Balaban J connectivity index is 3.86. The molecule has 0 aromatic heterocycles. The standard InChI is InChI=1S/C8H12F3NO4/c1-2-5(7(14)15)12-6(13)3-16-4-8(9,10)11/h5H,2-4H2,1H3,(H,12,13)(H,14,15)/t5-/m0/s1. The van der Waals surface area contributed by atoms with Crippen molar-refractivity contribution in [3.63, 3.8) is 0 Å². The van der Waals surface area contributed by atoms with Crippen LogP contribution in [0.5, 0.6) is 0 Å². The summed E-state index contributed by atoms with van der Waals surface area (Å²) in [6, 6.07) is -1.11. The fourth-order valence-electron chi connectivity index (χ4n) is 0.834. The molecule has 0 aromatic carbocycles. The molecular weight excluding hydrogens is 231 g/mol. The van der Waals surface area contributed by atoms with E-state index in [1.807, 2.05) is 5.32 Å². The van der Waals surface area contributed by atoms with Gasteiger partial charge < -0.3 is 15.2 Å². The van der Waals surface area contributed by atoms with E-state index in [1.54, 1.807) is 0 Å². The van der Waals surface area contributed by atoms with E-state index >= 15 is 0 Å². The number of aliphatic carboxylic acids is 1. The van der Waals surface area contributed by atoms with Gasteiger partial charge in [0.2, 0.25) is 5.91 Å². The molecule has 0 fully saturated rings. The van der Waals surface area contributed by atoms with Gasteiger partial charge >= 0.3 is 12.1 Å². The lowest BCUT2D eigenvalue weighted by molar-refractivity contribution is -0.176. The second-order valence-electron chi connectivity index (χ2n) is 2.97. The molecule has 1 amide bonds. The number of hydrogen-bond acceptors (Lipinski definition) is 3. The van der Waals surface area contributed by atoms with E-state index in [2.05, 4.69) is 4.74 Å². The van der Waals surface area contributed by atoms with E-state index in [0.29, 0.717) is 0 Å². The summed E-state index contributed by atoms with van der Waals surface area (Å²) in [6.07, 6.45) is -4.36. The van der Waals surface area contributed by atoms with E-state index in [0.717, 1.165) is 0 Å². The zero-order valence-electron chi connectivity index (χ0n) is 8.50. The molecule has 0 aliphatic heterocycles. The molecule has 0 unspecified atom stereocenters. The predicted molar refractivity (Wildman–Crippen MR) is 46.7 cm³/mol. The van der Waals surface area contributed by atoms with E-state index in [9.17, 15) is 22.8 Å². The van der Waals surface area contributed by atoms with E-state index in [1.165, 1.54) is 6.92 Å². The van der Waals surface area contributed by atoms with E-state index in [-0.39, 0.29) is 6.42 Å². The first-order valence-corrected chi connectivity index (χ1v) is 4.43. The third-order valence-electron chi connectivity index (χ3n) is 1.54. The Labute approximate surface area is 89.6 Å². The third kappa shape index (κ3) is 7.04. The van der Waals surface area contributed by atoms with Crippen LogP contribution in [0.3, 0.4) is 0 Å². The summed E-state index contributed by atoms with van der Waals surface area (Å²) in [4.78, 5) is 21.4. The number of rotatable bonds is 6. The van der Waals surface area contributed by atoms with Crippen molar-refractivity contribution in [1.82, 2.24) is 5.32 Å². The summed E-state index contributed by atoms with van der Waals surface area (Å²) in [7, 11) is 0. The van der Waals surface area contributed by atoms with E-state index < -0.39 is 37.3 Å². The highest BCUT2D eigenvalue weighted by Gasteiger charge is 2.28. The molecular formula is C8H12F3NO4. The lowest BCUT2D eigenvalue weighted by atomic mass is 10.2. The summed E-state index contributed by atoms with van der Waals surface area (Å²) in [5, 5.41) is 10.6. The summed E-state index contributed by atoms with van der Waals surface area (Å²) in [5.74, 6) is -2.13. The average Bonchev–Trinajstić information content (AvgIpc) is 2.11. The largest absolute Gasteiger partial charge is 0.480 e. The van der Waals surface area contributed by atoms with Crippen LogP contribution < -0.4 is 5.32 Å². The van der Waals surface area contributed by atoms with Crippen LogP contribution in [0.15, 0.2) is 0 Å². The van der Waals surface area contributed by atoms with Gasteiger partial charge in [-0.05, 0) is 6.42 Å². The van der Waals surface area contributed by atoms with Crippen LogP contribution in [0.2, 0.25) is 0 Å². The van der Waals surface area contributed by atoms with Gasteiger partial charge in [0.15, 0.2) is 0 Å². The Kier molecular flexibility index (Phi) is 5.79. The Morgan fingerprint density at radius 3 is 2.38 bits per heavy atom. The zero-order chi connectivity index (χ0) is 12.8. The van der Waals surface area contributed by atoms with Crippen molar-refractivity contribution in [1.29, 1.82) is 0 Å². The molecule has 0 heterocycles. The number of nitrogens with one attached hydrogen (secondary N) is 1. The maximum Gasteiger partial charge on any atom is 0.411 e. The highest BCUT2D eigenvalue weighted by atomic mass is 19.4. The molecule has 5 nitrogen and oxygen atoms in total. The van der Waals surface area contributed by atoms with Crippen molar-refractivity contribution in [3.8, 4) is 0 Å². The van der Waals surface area contributed by atoms with Crippen LogP contribution in [0, 0.1) is 0 Å². The SMILES string of the molecule is CC[C@H](NC(=O)COCC(F)(F)F)C(=O)O. The van der Waals surface area contributed by atoms with E-state index in [4.69, 9.17) is 5.11 Å². The number of carboxylic acids is 1. The van der Waals surface area contributed by atoms with Crippen LogP contribution in [0.4, 0.5) is 13.2 Å². The number of ether oxygens (including phenoxy) is 1. The first kappa shape index (κ1) is 14.7. The number of amides is 1. The topological polar surface area (TPSA) is 75.6 Å². The molecule has 0 rings (SSSR count). The van der Waals surface area contributed by atoms with Gasteiger partial charge in [-0.1, -0.05) is 6.92 Å². The molecule has 0 aromatic rings. The molecule has 16 heavy (non-hydrogen) atoms. The molecule has 0 aliphatic carbocycles. The summed E-state index contributed by atoms with van der Waals surface area (Å²) in [6.45, 7) is -0.830. The molecule has 0 bridgehead atoms. The fraction of sp³-hybridized carbons (Fsp3) is 0.750. The Morgan fingerprint density at radius 1 is 1.44 bits per heavy atom. The van der Waals surface area contributed by atoms with Crippen molar-refractivity contribution < 1.29 is 32.6 Å². The first-order valence-electron chi connectivity index (χ1n) is 4.43. The Morgan fingerprint density at radius 2 is 2.00 bits per heavy atom. The average molecular weight is 243 g/mol. The van der Waals surface area contributed by atoms with Gasteiger partial charge in [-0.25, -0.2) is 4.79 Å². The molecule has 0 aliphatic rings. The lowest BCUT2D eigenvalue weighted by Crippen LogP contribution is -2.42. The maximum absolute atomic E-state index is 11.6. The molecule has 2 N–H and O–H groups in total. The number of hydrogen-bond donors (Lipinski definition) is 2. The van der Waals surface area contributed by atoms with Gasteiger partial charge in [0.1, 0.15) is 19.3 Å². The minimum atomic E-state index is -4.50. The second kappa shape index (κ2) is 6.31. The maximum atomic E-state index is 11.6. The van der Waals surface area contributed by atoms with Gasteiger partial charge in [-0.2, -0.15) is 13.2 Å². The smallest absolute Gasteiger partial charge is 0.411 e. The van der Waals surface area contributed by atoms with Crippen LogP contribution in [-0.4, -0.2) is 42.4 Å². The molecule has 0 saturated heterocycles. The summed E-state index contributed by atoms with van der Waals surface area (Å²) < 4.78 is 38.9. The number of alkyl halides is 3. The number of carbonyl (C=O) groups is 2. The van der Waals surface area contributed by atoms with Crippen LogP contribution >= 0.6 is 0 Å². The van der Waals surface area contributed by atoms with Gasteiger partial charge in [0.25, 0.3) is 0 Å². The van der Waals surface area contributed by atoms with Crippen molar-refractivity contribution >= 4 is 11.9 Å². The van der Waals surface area contributed by atoms with Crippen LogP contribution in [0.25, 0.3) is 0 Å². The van der Waals surface area contributed by atoms with Gasteiger partial charge in [0.05, 0.1) is 0 Å². The van der Waals surface area contributed by atoms with Crippen molar-refractivity contribution in [2.24, 2.45) is 0 Å². The quantitative estimate of drug-likeness (QED) is 0.714. The highest BCUT2D eigenvalue weighted by molar-refractivity contribution is 5.84. The monoisotopic (exact) mass is 243 g/mol. The molecule has 1 atom stereocenters. The van der Waals surface area contributed by atoms with Crippen LogP contribution in [-0.2, 0) is 14.3 Å². The van der Waals surface area contributed by atoms with Gasteiger partial charge in [-0.3, -0.25) is 4.79 Å². The van der Waals surface area contributed by atoms with Crippen molar-refractivity contribution in [2.45, 2.75) is 25.6 Å². The third-order valence-corrected chi connectivity index (χ3v) is 1.54. The minimum Gasteiger partial charge on any atom is -0.480 e. The van der Waals surface area contributed by atoms with Gasteiger partial charge in [0, 0.05) is 0 Å². The summed E-state index contributed by atoms with van der Waals surface area (Å²) in [5.41, 5.74) is 0. The van der Waals surface area contributed by atoms with Crippen LogP contribution in [0.1, 0.15) is 13.3 Å². The number of halogens is 3. The highest BCUT2D eigenvalue weighted by Crippen LogP contribution is 2.14. The summed E-state index contributed by atoms with van der Waals surface area (Å²) >= 11 is 0. The molecule has 0 spiro atoms. The molecule has 0 radical (unpaired) electrons. The molecule has 8 heteroatoms. The molecule has 94 valence electrons. The second-order valence-corrected chi connectivity index (χ2v) is 2.97.